The fraction of sp³-hybridized carbons (Fsp3) is 0.321. The summed E-state index contributed by atoms with van der Waals surface area (Å²) in [5, 5.41) is 19.9. The monoisotopic (exact) mass is 567 g/mol. The quantitative estimate of drug-likeness (QED) is 0.366. The van der Waals surface area contributed by atoms with Gasteiger partial charge in [0.1, 0.15) is 23.1 Å². The van der Waals surface area contributed by atoms with Crippen LogP contribution in [-0.4, -0.2) is 61.3 Å². The first-order valence-electron chi connectivity index (χ1n) is 12.7. The molecule has 1 N–H and O–H groups in total. The van der Waals surface area contributed by atoms with Crippen LogP contribution in [0.1, 0.15) is 35.5 Å². The first-order chi connectivity index (χ1) is 19.5. The number of alkyl halides is 3. The summed E-state index contributed by atoms with van der Waals surface area (Å²) in [5.41, 5.74) is 0.427. The van der Waals surface area contributed by atoms with Crippen molar-refractivity contribution in [3.05, 3.63) is 93.5 Å². The zero-order valence-corrected chi connectivity index (χ0v) is 22.0. The molecule has 4 aromatic rings. The molecule has 1 fully saturated rings. The molecule has 1 unspecified atom stereocenters. The van der Waals surface area contributed by atoms with E-state index in [9.17, 15) is 32.7 Å². The van der Waals surface area contributed by atoms with Crippen molar-refractivity contribution in [1.82, 2.24) is 24.4 Å². The van der Waals surface area contributed by atoms with Gasteiger partial charge in [-0.05, 0) is 48.9 Å². The minimum absolute atomic E-state index is 0.147. The highest BCUT2D eigenvalue weighted by Crippen LogP contribution is 2.36. The molecule has 1 saturated heterocycles. The molecule has 212 valence electrons. The maximum absolute atomic E-state index is 13.8. The predicted molar refractivity (Wildman–Crippen MR) is 141 cm³/mol. The topological polar surface area (TPSA) is 111 Å². The molecule has 3 aromatic heterocycles. The van der Waals surface area contributed by atoms with Crippen molar-refractivity contribution in [2.75, 3.05) is 24.6 Å². The number of hydrogen-bond acceptors (Lipinski definition) is 8. The van der Waals surface area contributed by atoms with Gasteiger partial charge in [-0.3, -0.25) is 14.5 Å². The number of nitrogens with zero attached hydrogens (tertiary/aromatic N) is 7. The molecule has 5 rings (SSSR count). The van der Waals surface area contributed by atoms with E-state index in [1.807, 2.05) is 22.8 Å². The first kappa shape index (κ1) is 28.1. The van der Waals surface area contributed by atoms with Gasteiger partial charge in [0.15, 0.2) is 5.82 Å². The van der Waals surface area contributed by atoms with E-state index in [0.29, 0.717) is 22.3 Å². The lowest BCUT2D eigenvalue weighted by molar-refractivity contribution is -0.137. The van der Waals surface area contributed by atoms with Gasteiger partial charge in [0.2, 0.25) is 0 Å². The minimum atomic E-state index is -4.56. The molecule has 9 nitrogen and oxygen atoms in total. The molecule has 1 aliphatic rings. The summed E-state index contributed by atoms with van der Waals surface area (Å²) in [6.45, 7) is 1.97. The van der Waals surface area contributed by atoms with Gasteiger partial charge in [-0.15, -0.1) is 0 Å². The number of aromatic nitrogens is 4. The van der Waals surface area contributed by atoms with Gasteiger partial charge in [-0.25, -0.2) is 14.2 Å². The molecule has 4 heterocycles. The molecule has 41 heavy (non-hydrogen) atoms. The zero-order valence-electron chi connectivity index (χ0n) is 22.0. The van der Waals surface area contributed by atoms with E-state index >= 15 is 0 Å². The molecule has 3 atom stereocenters. The molecule has 1 aliphatic heterocycles. The number of anilines is 1. The summed E-state index contributed by atoms with van der Waals surface area (Å²) in [5.74, 6) is -0.214. The molecule has 13 heteroatoms. The number of rotatable bonds is 5. The van der Waals surface area contributed by atoms with Crippen molar-refractivity contribution in [2.45, 2.75) is 31.2 Å². The lowest BCUT2D eigenvalue weighted by Crippen LogP contribution is -2.60. The van der Waals surface area contributed by atoms with Gasteiger partial charge < -0.3 is 10.0 Å². The number of hydrogen-bond donors (Lipinski definition) is 1. The summed E-state index contributed by atoms with van der Waals surface area (Å²) in [6, 6.07) is 11.3. The van der Waals surface area contributed by atoms with Crippen LogP contribution in [0.2, 0.25) is 0 Å². The van der Waals surface area contributed by atoms with Gasteiger partial charge in [0, 0.05) is 32.4 Å². The van der Waals surface area contributed by atoms with Crippen molar-refractivity contribution in [3.63, 3.8) is 0 Å². The van der Waals surface area contributed by atoms with Crippen molar-refractivity contribution >= 4 is 16.9 Å². The van der Waals surface area contributed by atoms with Crippen LogP contribution in [0, 0.1) is 17.1 Å². The molecule has 0 aliphatic carbocycles. The number of aliphatic hydroxyl groups excluding tert-OH is 1. The van der Waals surface area contributed by atoms with E-state index in [0.717, 1.165) is 12.3 Å². The van der Waals surface area contributed by atoms with Crippen LogP contribution in [0.25, 0.3) is 11.0 Å². The third-order valence-corrected chi connectivity index (χ3v) is 7.33. The summed E-state index contributed by atoms with van der Waals surface area (Å²) in [7, 11) is 1.55. The van der Waals surface area contributed by atoms with Gasteiger partial charge in [-0.2, -0.15) is 23.4 Å². The predicted octanol–water partition coefficient (Wildman–Crippen LogP) is 3.41. The average Bonchev–Trinajstić information content (AvgIpc) is 2.96. The van der Waals surface area contributed by atoms with Crippen molar-refractivity contribution in [1.29, 1.82) is 5.26 Å². The zero-order chi connectivity index (χ0) is 29.5. The molecular weight excluding hydrogens is 542 g/mol. The molecule has 0 radical (unpaired) electrons. The smallest absolute Gasteiger partial charge is 0.395 e. The van der Waals surface area contributed by atoms with E-state index in [4.69, 9.17) is 0 Å². The number of nitriles is 1. The normalized spacial score (nSPS) is 18.8. The van der Waals surface area contributed by atoms with Gasteiger partial charge >= 0.3 is 11.9 Å². The van der Waals surface area contributed by atoms with Gasteiger partial charge in [0.05, 0.1) is 35.5 Å². The second-order valence-corrected chi connectivity index (χ2v) is 9.91. The lowest BCUT2D eigenvalue weighted by Gasteiger charge is -2.48. The van der Waals surface area contributed by atoms with Crippen LogP contribution in [0.4, 0.5) is 23.4 Å². The van der Waals surface area contributed by atoms with Crippen LogP contribution in [-0.2, 0) is 13.2 Å². The maximum atomic E-state index is 13.8. The Morgan fingerprint density at radius 1 is 1.10 bits per heavy atom. The van der Waals surface area contributed by atoms with Crippen LogP contribution < -0.4 is 10.6 Å². The van der Waals surface area contributed by atoms with Crippen LogP contribution in [0.3, 0.4) is 0 Å². The Morgan fingerprint density at radius 2 is 1.83 bits per heavy atom. The largest absolute Gasteiger partial charge is 0.417 e. The standard InChI is InChI=1S/C28H25F4N7O2/c1-16-13-39(25(17-3-6-19(29)7-4-17)22-9-5-18(12-34-22)28(30,31)32)21(15-40)14-38(16)26-24-23(37(2)27(41)36-26)10-8-20(11-33)35-24/h3-10,12,16,21,25,40H,13-15H2,1-2H3/t16-,21-,25?/m0/s1. The Bertz CT molecular complexity index is 1670. The summed E-state index contributed by atoms with van der Waals surface area (Å²) in [6.07, 6.45) is -3.81. The third kappa shape index (κ3) is 5.36. The maximum Gasteiger partial charge on any atom is 0.417 e. The summed E-state index contributed by atoms with van der Waals surface area (Å²) < 4.78 is 54.9. The number of pyridine rings is 2. The van der Waals surface area contributed by atoms with Gasteiger partial charge in [0.25, 0.3) is 0 Å². The SMILES string of the molecule is C[C@H]1CN(C(c2ccc(F)cc2)c2ccc(C(F)(F)F)cn2)[C@H](CO)CN1c1nc(=O)n(C)c2ccc(C#N)nc12. The number of aliphatic hydroxyl groups is 1. The fourth-order valence-electron chi connectivity index (χ4n) is 5.22. The highest BCUT2D eigenvalue weighted by molar-refractivity contribution is 5.86. The Balaban J connectivity index is 1.57. The number of aryl methyl sites for hydroxylation is 1. The number of benzene rings is 1. The van der Waals surface area contributed by atoms with Crippen LogP contribution in [0.5, 0.6) is 0 Å². The Morgan fingerprint density at radius 3 is 2.44 bits per heavy atom. The van der Waals surface area contributed by atoms with E-state index in [1.165, 1.54) is 41.0 Å². The summed E-state index contributed by atoms with van der Waals surface area (Å²) in [4.78, 5) is 29.2. The Kier molecular flexibility index (Phi) is 7.46. The average molecular weight is 568 g/mol. The van der Waals surface area contributed by atoms with Crippen molar-refractivity contribution in [3.8, 4) is 6.07 Å². The van der Waals surface area contributed by atoms with Crippen LogP contribution >= 0.6 is 0 Å². The lowest BCUT2D eigenvalue weighted by atomic mass is 9.96. The molecule has 0 bridgehead atoms. The van der Waals surface area contributed by atoms with Gasteiger partial charge in [-0.1, -0.05) is 12.1 Å². The first-order valence-corrected chi connectivity index (χ1v) is 12.7. The number of halogens is 4. The Labute approximate surface area is 231 Å². The molecular formula is C28H25F4N7O2. The molecule has 1 aromatic carbocycles. The second kappa shape index (κ2) is 10.9. The summed E-state index contributed by atoms with van der Waals surface area (Å²) >= 11 is 0. The highest BCUT2D eigenvalue weighted by atomic mass is 19.4. The van der Waals surface area contributed by atoms with E-state index in [2.05, 4.69) is 15.0 Å². The Hall–Kier alpha value is -4.41. The van der Waals surface area contributed by atoms with Crippen molar-refractivity contribution < 1.29 is 22.7 Å². The van der Waals surface area contributed by atoms with Crippen molar-refractivity contribution in [2.24, 2.45) is 7.05 Å². The van der Waals surface area contributed by atoms with E-state index in [1.54, 1.807) is 13.1 Å². The van der Waals surface area contributed by atoms with Crippen LogP contribution in [0.15, 0.2) is 59.5 Å². The highest BCUT2D eigenvalue weighted by Gasteiger charge is 2.39. The fourth-order valence-corrected chi connectivity index (χ4v) is 5.22. The number of fused-ring (bicyclic) bond motifs is 1. The molecule has 0 amide bonds. The molecule has 0 spiro atoms. The second-order valence-electron chi connectivity index (χ2n) is 9.91. The van der Waals surface area contributed by atoms with E-state index in [-0.39, 0.29) is 37.3 Å². The minimum Gasteiger partial charge on any atom is -0.395 e. The number of piperazine rings is 1. The molecule has 0 saturated carbocycles. The van der Waals surface area contributed by atoms with E-state index < -0.39 is 35.3 Å². The third-order valence-electron chi connectivity index (χ3n) is 7.33.